The van der Waals surface area contributed by atoms with Crippen LogP contribution in [0.4, 0.5) is 0 Å². The summed E-state index contributed by atoms with van der Waals surface area (Å²) in [4.78, 5) is 40.7. The third kappa shape index (κ3) is 5.29. The number of hydrogen-bond donors (Lipinski definition) is 0. The molecule has 0 N–H and O–H groups in total. The van der Waals surface area contributed by atoms with Crippen LogP contribution in [-0.2, 0) is 30.4 Å². The molecule has 1 aliphatic heterocycles. The average molecular weight is 376 g/mol. The van der Waals surface area contributed by atoms with Crippen molar-refractivity contribution in [3.63, 3.8) is 0 Å². The molecule has 1 aromatic carbocycles. The molecule has 1 amide bonds. The zero-order valence-corrected chi connectivity index (χ0v) is 16.4. The minimum absolute atomic E-state index is 0.00389. The number of benzene rings is 1. The van der Waals surface area contributed by atoms with Crippen molar-refractivity contribution in [3.8, 4) is 0 Å². The molecule has 148 valence electrons. The molecule has 2 atom stereocenters. The highest BCUT2D eigenvalue weighted by Crippen LogP contribution is 2.25. The monoisotopic (exact) mass is 376 g/mol. The highest BCUT2D eigenvalue weighted by atomic mass is 16.5. The van der Waals surface area contributed by atoms with E-state index in [-0.39, 0.29) is 18.2 Å². The van der Waals surface area contributed by atoms with Crippen molar-refractivity contribution in [2.45, 2.75) is 32.9 Å². The molecule has 27 heavy (non-hydrogen) atoms. The summed E-state index contributed by atoms with van der Waals surface area (Å²) in [5, 5.41) is 0. The lowest BCUT2D eigenvalue weighted by Gasteiger charge is -2.28. The molecule has 0 bridgehead atoms. The Bertz CT molecular complexity index is 662. The first-order valence-corrected chi connectivity index (χ1v) is 9.08. The summed E-state index contributed by atoms with van der Waals surface area (Å²) in [5.74, 6) is -1.70. The lowest BCUT2D eigenvalue weighted by atomic mass is 9.91. The molecule has 0 spiro atoms. The fourth-order valence-electron chi connectivity index (χ4n) is 3.32. The molecular weight excluding hydrogens is 348 g/mol. The average Bonchev–Trinajstić information content (AvgIpc) is 3.09. The molecule has 1 fully saturated rings. The van der Waals surface area contributed by atoms with Crippen LogP contribution in [0.2, 0.25) is 0 Å². The van der Waals surface area contributed by atoms with Gasteiger partial charge in [0.2, 0.25) is 5.91 Å². The summed E-state index contributed by atoms with van der Waals surface area (Å²) < 4.78 is 9.63. The second kappa shape index (κ2) is 9.50. The van der Waals surface area contributed by atoms with Gasteiger partial charge in [0.1, 0.15) is 6.04 Å². The molecule has 7 nitrogen and oxygen atoms in total. The van der Waals surface area contributed by atoms with Gasteiger partial charge in [0, 0.05) is 13.1 Å². The number of esters is 2. The second-order valence-corrected chi connectivity index (χ2v) is 7.12. The minimum atomic E-state index is -0.676. The number of ether oxygens (including phenoxy) is 2. The third-order valence-electron chi connectivity index (χ3n) is 4.90. The maximum absolute atomic E-state index is 13.2. The first-order chi connectivity index (χ1) is 12.9. The third-order valence-corrected chi connectivity index (χ3v) is 4.90. The lowest BCUT2D eigenvalue weighted by Crippen LogP contribution is -2.46. The minimum Gasteiger partial charge on any atom is -0.469 e. The van der Waals surface area contributed by atoms with Gasteiger partial charge in [-0.05, 0) is 11.5 Å². The number of nitrogens with zero attached hydrogens (tertiary/aromatic N) is 2. The van der Waals surface area contributed by atoms with Gasteiger partial charge in [-0.15, -0.1) is 0 Å². The molecule has 0 radical (unpaired) electrons. The molecule has 0 aromatic heterocycles. The van der Waals surface area contributed by atoms with Crippen molar-refractivity contribution in [3.05, 3.63) is 35.9 Å². The first kappa shape index (κ1) is 20.9. The zero-order chi connectivity index (χ0) is 20.0. The molecular formula is C20H28N2O5. The predicted molar refractivity (Wildman–Crippen MR) is 99.3 cm³/mol. The van der Waals surface area contributed by atoms with Gasteiger partial charge in [0.05, 0.1) is 33.2 Å². The number of rotatable bonds is 7. The highest BCUT2D eigenvalue weighted by Gasteiger charge is 2.42. The largest absolute Gasteiger partial charge is 0.469 e. The molecule has 0 unspecified atom stereocenters. The summed E-state index contributed by atoms with van der Waals surface area (Å²) in [7, 11) is 2.62. The first-order valence-electron chi connectivity index (χ1n) is 9.08. The van der Waals surface area contributed by atoms with Crippen LogP contribution in [-0.4, -0.2) is 61.1 Å². The Hall–Kier alpha value is -2.41. The van der Waals surface area contributed by atoms with E-state index in [0.717, 1.165) is 5.56 Å². The van der Waals surface area contributed by atoms with Gasteiger partial charge in [0.15, 0.2) is 0 Å². The summed E-state index contributed by atoms with van der Waals surface area (Å²) in [6.07, 6.45) is -0.00389. The molecule has 2 rings (SSSR count). The van der Waals surface area contributed by atoms with Gasteiger partial charge in [-0.2, -0.15) is 0 Å². The summed E-state index contributed by atoms with van der Waals surface area (Å²) >= 11 is 0. The quantitative estimate of drug-likeness (QED) is 0.674. The van der Waals surface area contributed by atoms with E-state index in [4.69, 9.17) is 9.47 Å². The van der Waals surface area contributed by atoms with Crippen molar-refractivity contribution < 1.29 is 23.9 Å². The van der Waals surface area contributed by atoms with Crippen molar-refractivity contribution in [1.82, 2.24) is 9.80 Å². The topological polar surface area (TPSA) is 76.2 Å². The van der Waals surface area contributed by atoms with Crippen molar-refractivity contribution in [2.75, 3.05) is 27.4 Å². The molecule has 1 heterocycles. The Kier molecular flexibility index (Phi) is 7.36. The maximum Gasteiger partial charge on any atom is 0.329 e. The number of amides is 1. The lowest BCUT2D eigenvalue weighted by molar-refractivity contribution is -0.154. The standard InChI is InChI=1S/C20H28N2O5/c1-14(2)16(10-18(23)26-3)19(24)22-13-21(12-17(22)20(25)27-4)11-15-8-6-5-7-9-15/h5-9,14,16-17H,10-13H2,1-4H3/t16-,17-/m0/s1. The fraction of sp³-hybridized carbons (Fsp3) is 0.550. The van der Waals surface area contributed by atoms with E-state index in [2.05, 4.69) is 0 Å². The SMILES string of the molecule is COC(=O)C[C@H](C(=O)N1CN(Cc2ccccc2)C[C@H]1C(=O)OC)C(C)C. The van der Waals surface area contributed by atoms with E-state index < -0.39 is 23.9 Å². The molecule has 0 aliphatic carbocycles. The van der Waals surface area contributed by atoms with Crippen molar-refractivity contribution >= 4 is 17.8 Å². The van der Waals surface area contributed by atoms with Crippen LogP contribution in [0, 0.1) is 11.8 Å². The van der Waals surface area contributed by atoms with Crippen molar-refractivity contribution in [1.29, 1.82) is 0 Å². The smallest absolute Gasteiger partial charge is 0.329 e. The van der Waals surface area contributed by atoms with Gasteiger partial charge >= 0.3 is 11.9 Å². The fourth-order valence-corrected chi connectivity index (χ4v) is 3.32. The van der Waals surface area contributed by atoms with Crippen molar-refractivity contribution in [2.24, 2.45) is 11.8 Å². The van der Waals surface area contributed by atoms with E-state index in [1.807, 2.05) is 49.1 Å². The highest BCUT2D eigenvalue weighted by molar-refractivity contribution is 5.88. The number of methoxy groups -OCH3 is 2. The summed E-state index contributed by atoms with van der Waals surface area (Å²) in [5.41, 5.74) is 1.10. The van der Waals surface area contributed by atoms with Crippen LogP contribution < -0.4 is 0 Å². The molecule has 1 aromatic rings. The van der Waals surface area contributed by atoms with Crippen LogP contribution in [0.15, 0.2) is 30.3 Å². The van der Waals surface area contributed by atoms with E-state index >= 15 is 0 Å². The molecule has 1 aliphatic rings. The van der Waals surface area contributed by atoms with Crippen LogP contribution >= 0.6 is 0 Å². The maximum atomic E-state index is 13.2. The van der Waals surface area contributed by atoms with E-state index in [1.54, 1.807) is 0 Å². The number of carbonyl (C=O) groups excluding carboxylic acids is 3. The van der Waals surface area contributed by atoms with Crippen LogP contribution in [0.1, 0.15) is 25.8 Å². The predicted octanol–water partition coefficient (Wildman–Crippen LogP) is 1.67. The van der Waals surface area contributed by atoms with Crippen LogP contribution in [0.3, 0.4) is 0 Å². The number of hydrogen-bond acceptors (Lipinski definition) is 6. The molecule has 0 saturated carbocycles. The molecule has 1 saturated heterocycles. The second-order valence-electron chi connectivity index (χ2n) is 7.12. The Morgan fingerprint density at radius 3 is 2.33 bits per heavy atom. The van der Waals surface area contributed by atoms with Crippen LogP contribution in [0.5, 0.6) is 0 Å². The van der Waals surface area contributed by atoms with Gasteiger partial charge in [-0.25, -0.2) is 4.79 Å². The number of carbonyl (C=O) groups is 3. The zero-order valence-electron chi connectivity index (χ0n) is 16.4. The summed E-state index contributed by atoms with van der Waals surface area (Å²) in [6.45, 7) is 5.11. The Morgan fingerprint density at radius 1 is 1.11 bits per heavy atom. The summed E-state index contributed by atoms with van der Waals surface area (Å²) in [6, 6.07) is 9.19. The normalized spacial score (nSPS) is 18.4. The van der Waals surface area contributed by atoms with Gasteiger partial charge in [0.25, 0.3) is 0 Å². The van der Waals surface area contributed by atoms with E-state index in [1.165, 1.54) is 19.1 Å². The Balaban J connectivity index is 2.18. The van der Waals surface area contributed by atoms with E-state index in [9.17, 15) is 14.4 Å². The van der Waals surface area contributed by atoms with Crippen LogP contribution in [0.25, 0.3) is 0 Å². The Labute approximate surface area is 160 Å². The van der Waals surface area contributed by atoms with E-state index in [0.29, 0.717) is 19.8 Å². The molecule has 7 heteroatoms. The van der Waals surface area contributed by atoms with Gasteiger partial charge in [-0.1, -0.05) is 44.2 Å². The Morgan fingerprint density at radius 2 is 1.78 bits per heavy atom. The van der Waals surface area contributed by atoms with Gasteiger partial charge < -0.3 is 14.4 Å². The van der Waals surface area contributed by atoms with Gasteiger partial charge in [-0.3, -0.25) is 14.5 Å².